The highest BCUT2D eigenvalue weighted by Gasteiger charge is 2.44. The number of hydrogen-bond acceptors (Lipinski definition) is 4. The third kappa shape index (κ3) is 4.38. The maximum atomic E-state index is 13.1. The van der Waals surface area contributed by atoms with E-state index in [1.807, 2.05) is 23.1 Å². The van der Waals surface area contributed by atoms with Crippen molar-refractivity contribution in [3.63, 3.8) is 0 Å². The number of hydrogen-bond donors (Lipinski definition) is 0. The van der Waals surface area contributed by atoms with E-state index >= 15 is 0 Å². The molecular weight excluding hydrogens is 384 g/mol. The van der Waals surface area contributed by atoms with Gasteiger partial charge in [0, 0.05) is 25.2 Å². The Morgan fingerprint density at radius 2 is 1.66 bits per heavy atom. The average molecular weight is 413 g/mol. The Hall–Kier alpha value is -2.18. The summed E-state index contributed by atoms with van der Waals surface area (Å²) in [5, 5.41) is -0.466. The van der Waals surface area contributed by atoms with E-state index < -0.39 is 15.1 Å². The van der Waals surface area contributed by atoms with Crippen LogP contribution in [-0.2, 0) is 16.4 Å². The van der Waals surface area contributed by atoms with Crippen molar-refractivity contribution in [1.29, 1.82) is 0 Å². The van der Waals surface area contributed by atoms with Gasteiger partial charge in [-0.2, -0.15) is 0 Å². The second kappa shape index (κ2) is 8.28. The van der Waals surface area contributed by atoms with Crippen molar-refractivity contribution < 1.29 is 13.2 Å². The van der Waals surface area contributed by atoms with Crippen molar-refractivity contribution in [2.45, 2.75) is 37.6 Å². The fraction of sp³-hybridized carbons (Fsp3) is 0.435. The second-order valence-corrected chi connectivity index (χ2v) is 10.5. The van der Waals surface area contributed by atoms with Crippen LogP contribution in [0, 0.1) is 6.92 Å². The highest BCUT2D eigenvalue weighted by molar-refractivity contribution is 7.92. The number of likely N-dealkylation sites (tertiary alicyclic amines) is 1. The van der Waals surface area contributed by atoms with Gasteiger partial charge >= 0.3 is 0 Å². The van der Waals surface area contributed by atoms with Gasteiger partial charge in [0.2, 0.25) is 0 Å². The Labute approximate surface area is 173 Å². The normalized spacial score (nSPS) is 24.5. The summed E-state index contributed by atoms with van der Waals surface area (Å²) in [5.74, 6) is 0.00697. The zero-order valence-corrected chi connectivity index (χ0v) is 17.6. The first kappa shape index (κ1) is 20.1. The molecule has 2 aliphatic rings. The van der Waals surface area contributed by atoms with Gasteiger partial charge in [0.1, 0.15) is 0 Å². The lowest BCUT2D eigenvalue weighted by molar-refractivity contribution is 0.0665. The molecule has 29 heavy (non-hydrogen) atoms. The molecule has 0 aliphatic carbocycles. The molecule has 0 saturated carbocycles. The monoisotopic (exact) mass is 412 g/mol. The van der Waals surface area contributed by atoms with E-state index in [1.165, 1.54) is 11.1 Å². The number of sulfone groups is 1. The third-order valence-electron chi connectivity index (χ3n) is 6.19. The number of benzene rings is 2. The first-order valence-corrected chi connectivity index (χ1v) is 12.0. The summed E-state index contributed by atoms with van der Waals surface area (Å²) in [5.41, 5.74) is 3.10. The van der Waals surface area contributed by atoms with Crippen molar-refractivity contribution in [1.82, 2.24) is 9.80 Å². The molecule has 0 N–H and O–H groups in total. The smallest absolute Gasteiger partial charge is 0.254 e. The molecule has 2 saturated heterocycles. The molecule has 2 aromatic carbocycles. The van der Waals surface area contributed by atoms with E-state index in [0.29, 0.717) is 18.4 Å². The van der Waals surface area contributed by atoms with Gasteiger partial charge in [-0.15, -0.1) is 0 Å². The number of nitrogens with zero attached hydrogens (tertiary/aromatic N) is 2. The standard InChI is InChI=1S/C23H28N2O3S/c1-18-7-9-19(10-8-18)17-24-13-11-21-22(12-14-24)29(27,28)16-15-25(21)23(26)20-5-3-2-4-6-20/h2-10,21-22H,11-17H2,1H3/t21-,22-/m0/s1. The Bertz CT molecular complexity index is 957. The molecule has 5 nitrogen and oxygen atoms in total. The van der Waals surface area contributed by atoms with E-state index in [1.54, 1.807) is 12.1 Å². The quantitative estimate of drug-likeness (QED) is 0.778. The molecule has 0 aromatic heterocycles. The Morgan fingerprint density at radius 3 is 2.38 bits per heavy atom. The van der Waals surface area contributed by atoms with Crippen molar-refractivity contribution in [2.24, 2.45) is 0 Å². The van der Waals surface area contributed by atoms with Crippen LogP contribution in [-0.4, -0.2) is 60.8 Å². The lowest BCUT2D eigenvalue weighted by Gasteiger charge is -2.40. The Kier molecular flexibility index (Phi) is 5.74. The molecule has 1 amide bonds. The minimum absolute atomic E-state index is 0.0533. The molecule has 2 atom stereocenters. The number of carbonyl (C=O) groups is 1. The molecule has 2 fully saturated rings. The zero-order valence-electron chi connectivity index (χ0n) is 16.8. The van der Waals surface area contributed by atoms with Crippen LogP contribution in [0.2, 0.25) is 0 Å². The highest BCUT2D eigenvalue weighted by Crippen LogP contribution is 2.29. The van der Waals surface area contributed by atoms with Crippen molar-refractivity contribution in [2.75, 3.05) is 25.4 Å². The lowest BCUT2D eigenvalue weighted by Crippen LogP contribution is -2.56. The predicted molar refractivity (Wildman–Crippen MR) is 115 cm³/mol. The number of amides is 1. The summed E-state index contributed by atoms with van der Waals surface area (Å²) >= 11 is 0. The van der Waals surface area contributed by atoms with Crippen LogP contribution in [0.15, 0.2) is 54.6 Å². The summed E-state index contributed by atoms with van der Waals surface area (Å²) in [4.78, 5) is 17.2. The van der Waals surface area contributed by atoms with Crippen LogP contribution in [0.1, 0.15) is 34.3 Å². The van der Waals surface area contributed by atoms with E-state index in [0.717, 1.165) is 19.6 Å². The second-order valence-electron chi connectivity index (χ2n) is 8.18. The molecule has 0 radical (unpaired) electrons. The molecule has 6 heteroatoms. The summed E-state index contributed by atoms with van der Waals surface area (Å²) < 4.78 is 25.6. The summed E-state index contributed by atoms with van der Waals surface area (Å²) in [6.45, 7) is 4.70. The molecular formula is C23H28N2O3S. The van der Waals surface area contributed by atoms with Gasteiger partial charge in [0.15, 0.2) is 9.84 Å². The van der Waals surface area contributed by atoms with Crippen LogP contribution >= 0.6 is 0 Å². The van der Waals surface area contributed by atoms with Crippen molar-refractivity contribution >= 4 is 15.7 Å². The number of fused-ring (bicyclic) bond motifs is 1. The molecule has 4 rings (SSSR count). The SMILES string of the molecule is Cc1ccc(CN2CC[C@H]3[C@H](CC2)S(=O)(=O)CCN3C(=O)c2ccccc2)cc1. The largest absolute Gasteiger partial charge is 0.333 e. The van der Waals surface area contributed by atoms with Crippen molar-refractivity contribution in [3.8, 4) is 0 Å². The minimum Gasteiger partial charge on any atom is -0.333 e. The zero-order chi connectivity index (χ0) is 20.4. The average Bonchev–Trinajstić information content (AvgIpc) is 2.94. The Morgan fingerprint density at radius 1 is 0.966 bits per heavy atom. The summed E-state index contributed by atoms with van der Waals surface area (Å²) in [6.07, 6.45) is 1.27. The lowest BCUT2D eigenvalue weighted by atomic mass is 10.0. The summed E-state index contributed by atoms with van der Waals surface area (Å²) in [6, 6.07) is 17.4. The molecule has 2 heterocycles. The molecule has 154 valence electrons. The van der Waals surface area contributed by atoms with Crippen LogP contribution in [0.25, 0.3) is 0 Å². The van der Waals surface area contributed by atoms with Crippen LogP contribution < -0.4 is 0 Å². The van der Waals surface area contributed by atoms with Gasteiger partial charge in [-0.1, -0.05) is 48.0 Å². The third-order valence-corrected chi connectivity index (χ3v) is 8.41. The minimum atomic E-state index is -3.18. The van der Waals surface area contributed by atoms with Crippen LogP contribution in [0.5, 0.6) is 0 Å². The van der Waals surface area contributed by atoms with E-state index in [2.05, 4.69) is 36.1 Å². The molecule has 0 spiro atoms. The van der Waals surface area contributed by atoms with Crippen LogP contribution in [0.4, 0.5) is 0 Å². The van der Waals surface area contributed by atoms with Gasteiger partial charge < -0.3 is 4.90 Å². The molecule has 0 bridgehead atoms. The molecule has 2 aliphatic heterocycles. The van der Waals surface area contributed by atoms with Gasteiger partial charge in [-0.3, -0.25) is 9.69 Å². The summed E-state index contributed by atoms with van der Waals surface area (Å²) in [7, 11) is -3.18. The van der Waals surface area contributed by atoms with E-state index in [9.17, 15) is 13.2 Å². The number of carbonyl (C=O) groups excluding carboxylic acids is 1. The van der Waals surface area contributed by atoms with E-state index in [4.69, 9.17) is 0 Å². The fourth-order valence-corrected chi connectivity index (χ4v) is 6.52. The number of rotatable bonds is 3. The first-order chi connectivity index (χ1) is 13.9. The fourth-order valence-electron chi connectivity index (χ4n) is 4.54. The maximum Gasteiger partial charge on any atom is 0.254 e. The first-order valence-electron chi connectivity index (χ1n) is 10.3. The van der Waals surface area contributed by atoms with Gasteiger partial charge in [0.25, 0.3) is 5.91 Å². The van der Waals surface area contributed by atoms with Crippen molar-refractivity contribution in [3.05, 3.63) is 71.3 Å². The highest BCUT2D eigenvalue weighted by atomic mass is 32.2. The molecule has 2 aromatic rings. The Balaban J connectivity index is 1.53. The predicted octanol–water partition coefficient (Wildman–Crippen LogP) is 2.90. The van der Waals surface area contributed by atoms with E-state index in [-0.39, 0.29) is 24.2 Å². The van der Waals surface area contributed by atoms with Crippen LogP contribution in [0.3, 0.4) is 0 Å². The maximum absolute atomic E-state index is 13.1. The topological polar surface area (TPSA) is 57.7 Å². The number of aryl methyl sites for hydroxylation is 1. The van der Waals surface area contributed by atoms with Gasteiger partial charge in [-0.25, -0.2) is 8.42 Å². The van der Waals surface area contributed by atoms with Gasteiger partial charge in [0.05, 0.1) is 17.0 Å². The van der Waals surface area contributed by atoms with Gasteiger partial charge in [-0.05, 0) is 44.0 Å². The molecule has 0 unspecified atom stereocenters.